The molecule has 2 heterocycles. The number of rotatable bonds is 4. The van der Waals surface area contributed by atoms with Crippen LogP contribution in [0.3, 0.4) is 0 Å². The van der Waals surface area contributed by atoms with Crippen molar-refractivity contribution in [3.8, 4) is 0 Å². The number of carboxylic acid groups (broad SMARTS) is 1. The average molecular weight is 391 g/mol. The van der Waals surface area contributed by atoms with Crippen molar-refractivity contribution in [3.63, 3.8) is 0 Å². The Morgan fingerprint density at radius 3 is 2.42 bits per heavy atom. The third kappa shape index (κ3) is 3.58. The van der Waals surface area contributed by atoms with Crippen molar-refractivity contribution in [2.45, 2.75) is 24.5 Å². The van der Waals surface area contributed by atoms with Gasteiger partial charge in [0, 0.05) is 6.54 Å². The molecule has 1 aromatic carbocycles. The molecule has 10 nitrogen and oxygen atoms in total. The standard InChI is InChI=1S/C14H15N3O7S.Na/c18-12(10(15-14(20)21)8-4-2-1-3-5-8)16-7-6-9-11(16)13(19)17(9)25(22,23)24;/h1-5,9-11,15H,6-7H2,(H,20,21)(H,22,23,24);/q;+1/p-1/t9-,10+,11+;/m1./s1. The van der Waals surface area contributed by atoms with Gasteiger partial charge in [0.05, 0.1) is 6.04 Å². The van der Waals surface area contributed by atoms with Crippen molar-refractivity contribution in [2.24, 2.45) is 0 Å². The minimum Gasteiger partial charge on any atom is -0.530 e. The summed E-state index contributed by atoms with van der Waals surface area (Å²) in [4.78, 5) is 36.8. The van der Waals surface area contributed by atoms with Crippen LogP contribution in [0.1, 0.15) is 18.0 Å². The molecular formula is C14H14N3NaO7S. The SMILES string of the molecule is O=C([O-])N[C@H](C(=O)N1CC[C@@H]2[C@H]1C(=O)N2S(=O)(=O)O)c1ccccc1.[Na+]. The Bertz CT molecular complexity index is 832. The fraction of sp³-hybridized carbons (Fsp3) is 0.357. The van der Waals surface area contributed by atoms with Gasteiger partial charge in [0.2, 0.25) is 0 Å². The molecule has 0 unspecified atom stereocenters. The van der Waals surface area contributed by atoms with Crippen molar-refractivity contribution in [1.82, 2.24) is 14.5 Å². The van der Waals surface area contributed by atoms with Crippen LogP contribution in [0.25, 0.3) is 0 Å². The molecule has 3 rings (SSSR count). The maximum atomic E-state index is 12.8. The molecule has 2 N–H and O–H groups in total. The first-order valence-corrected chi connectivity index (χ1v) is 8.75. The molecule has 2 aliphatic rings. The Morgan fingerprint density at radius 1 is 1.27 bits per heavy atom. The molecule has 0 aliphatic carbocycles. The zero-order chi connectivity index (χ0) is 18.4. The van der Waals surface area contributed by atoms with Crippen molar-refractivity contribution in [2.75, 3.05) is 6.54 Å². The molecule has 1 aromatic rings. The summed E-state index contributed by atoms with van der Waals surface area (Å²) in [7, 11) is -4.68. The van der Waals surface area contributed by atoms with E-state index < -0.39 is 46.3 Å². The molecule has 2 aliphatic heterocycles. The second-order valence-electron chi connectivity index (χ2n) is 5.72. The Kier molecular flexibility index (Phi) is 5.98. The number of amides is 3. The maximum absolute atomic E-state index is 12.8. The van der Waals surface area contributed by atoms with Crippen LogP contribution < -0.4 is 40.0 Å². The van der Waals surface area contributed by atoms with Crippen LogP contribution in [0, 0.1) is 0 Å². The summed E-state index contributed by atoms with van der Waals surface area (Å²) in [5.41, 5.74) is 0.360. The summed E-state index contributed by atoms with van der Waals surface area (Å²) in [6.07, 6.45) is -1.49. The zero-order valence-corrected chi connectivity index (χ0v) is 16.5. The first kappa shape index (κ1) is 20.6. The molecule has 12 heteroatoms. The number of carbonyl (C=O) groups is 3. The third-order valence-electron chi connectivity index (χ3n) is 4.31. The van der Waals surface area contributed by atoms with E-state index in [0.29, 0.717) is 9.87 Å². The predicted octanol–water partition coefficient (Wildman–Crippen LogP) is -4.72. The van der Waals surface area contributed by atoms with E-state index in [-0.39, 0.29) is 42.5 Å². The average Bonchev–Trinajstić information content (AvgIpc) is 2.90. The van der Waals surface area contributed by atoms with E-state index in [0.717, 1.165) is 4.90 Å². The first-order valence-electron chi connectivity index (χ1n) is 7.35. The van der Waals surface area contributed by atoms with Gasteiger partial charge in [0.25, 0.3) is 11.8 Å². The summed E-state index contributed by atoms with van der Waals surface area (Å²) < 4.78 is 31.8. The Morgan fingerprint density at radius 2 is 1.88 bits per heavy atom. The van der Waals surface area contributed by atoms with E-state index >= 15 is 0 Å². The Hall–Kier alpha value is -1.66. The minimum atomic E-state index is -4.68. The van der Waals surface area contributed by atoms with Gasteiger partial charge in [-0.25, -0.2) is 4.31 Å². The second kappa shape index (κ2) is 7.53. The van der Waals surface area contributed by atoms with Crippen LogP contribution >= 0.6 is 0 Å². The number of hydrogen-bond donors (Lipinski definition) is 2. The predicted molar refractivity (Wildman–Crippen MR) is 80.0 cm³/mol. The van der Waals surface area contributed by atoms with E-state index in [1.54, 1.807) is 30.3 Å². The Balaban J connectivity index is 0.00000243. The van der Waals surface area contributed by atoms with E-state index in [9.17, 15) is 27.9 Å². The molecule has 2 saturated heterocycles. The molecule has 0 bridgehead atoms. The van der Waals surface area contributed by atoms with Crippen LogP contribution in [0.15, 0.2) is 30.3 Å². The van der Waals surface area contributed by atoms with Gasteiger partial charge >= 0.3 is 39.9 Å². The normalized spacial score (nSPS) is 22.7. The Labute approximate surface area is 171 Å². The van der Waals surface area contributed by atoms with Crippen molar-refractivity contribution in [3.05, 3.63) is 35.9 Å². The number of nitrogens with zero attached hydrogens (tertiary/aromatic N) is 2. The number of hydrogen-bond acceptors (Lipinski definition) is 6. The quantitative estimate of drug-likeness (QED) is 0.298. The third-order valence-corrected chi connectivity index (χ3v) is 5.26. The smallest absolute Gasteiger partial charge is 0.530 e. The summed E-state index contributed by atoms with van der Waals surface area (Å²) in [5, 5.41) is 12.9. The maximum Gasteiger partial charge on any atom is 1.00 e. The molecule has 3 amide bonds. The van der Waals surface area contributed by atoms with Crippen molar-refractivity contribution in [1.29, 1.82) is 0 Å². The molecule has 0 spiro atoms. The van der Waals surface area contributed by atoms with E-state index in [4.69, 9.17) is 4.55 Å². The number of benzene rings is 1. The summed E-state index contributed by atoms with van der Waals surface area (Å²) in [6.45, 7) is 0.0595. The molecule has 26 heavy (non-hydrogen) atoms. The molecule has 0 aromatic heterocycles. The second-order valence-corrected chi connectivity index (χ2v) is 7.01. The van der Waals surface area contributed by atoms with Gasteiger partial charge in [-0.05, 0) is 12.0 Å². The summed E-state index contributed by atoms with van der Waals surface area (Å²) >= 11 is 0. The summed E-state index contributed by atoms with van der Waals surface area (Å²) in [5.74, 6) is -1.61. The summed E-state index contributed by atoms with van der Waals surface area (Å²) in [6, 6.07) is 4.85. The zero-order valence-electron chi connectivity index (χ0n) is 13.7. The molecular weight excluding hydrogens is 377 g/mol. The van der Waals surface area contributed by atoms with Gasteiger partial charge in [-0.2, -0.15) is 8.42 Å². The van der Waals surface area contributed by atoms with E-state index in [1.165, 1.54) is 0 Å². The van der Waals surface area contributed by atoms with Gasteiger partial charge in [-0.3, -0.25) is 14.1 Å². The van der Waals surface area contributed by atoms with E-state index in [2.05, 4.69) is 0 Å². The molecule has 0 saturated carbocycles. The molecule has 0 radical (unpaired) electrons. The van der Waals surface area contributed by atoms with Gasteiger partial charge in [-0.1, -0.05) is 30.3 Å². The number of nitrogens with one attached hydrogen (secondary N) is 1. The van der Waals surface area contributed by atoms with Crippen LogP contribution in [0.2, 0.25) is 0 Å². The monoisotopic (exact) mass is 391 g/mol. The molecule has 134 valence electrons. The minimum absolute atomic E-state index is 0. The number of carbonyl (C=O) groups excluding carboxylic acids is 3. The van der Waals surface area contributed by atoms with Gasteiger partial charge in [-0.15, -0.1) is 0 Å². The van der Waals surface area contributed by atoms with Crippen LogP contribution in [0.5, 0.6) is 0 Å². The topological polar surface area (TPSA) is 147 Å². The largest absolute Gasteiger partial charge is 1.00 e. The molecule has 2 fully saturated rings. The van der Waals surface area contributed by atoms with Gasteiger partial charge in [0.1, 0.15) is 18.2 Å². The van der Waals surface area contributed by atoms with Crippen LogP contribution in [0.4, 0.5) is 4.79 Å². The number of fused-ring (bicyclic) bond motifs is 1. The fourth-order valence-electron chi connectivity index (χ4n) is 3.28. The number of likely N-dealkylation sites (tertiary alicyclic amines) is 1. The van der Waals surface area contributed by atoms with Crippen molar-refractivity contribution >= 4 is 28.2 Å². The number of β-lactam (4-membered cyclic amide) rings is 1. The van der Waals surface area contributed by atoms with Gasteiger partial charge in [0.15, 0.2) is 0 Å². The van der Waals surface area contributed by atoms with Crippen LogP contribution in [-0.2, 0) is 19.9 Å². The molecule has 3 atom stereocenters. The van der Waals surface area contributed by atoms with E-state index in [1.807, 2.05) is 5.32 Å². The fourth-order valence-corrected chi connectivity index (χ4v) is 4.18. The first-order chi connectivity index (χ1) is 11.7. The van der Waals surface area contributed by atoms with Gasteiger partial charge < -0.3 is 20.1 Å². The van der Waals surface area contributed by atoms with Crippen LogP contribution in [-0.4, -0.2) is 58.7 Å². The van der Waals surface area contributed by atoms with Crippen molar-refractivity contribution < 1.29 is 62.0 Å².